The number of aromatic nitrogens is 2. The van der Waals surface area contributed by atoms with Crippen LogP contribution in [0.15, 0.2) is 328 Å². The van der Waals surface area contributed by atoms with Crippen LogP contribution in [0.2, 0.25) is 5.02 Å². The fraction of sp³-hybridized carbons (Fsp3) is 0. The Morgan fingerprint density at radius 2 is 0.598 bits per heavy atom. The van der Waals surface area contributed by atoms with Crippen LogP contribution in [0.5, 0.6) is 23.0 Å². The minimum atomic E-state index is -0.343. The molecular weight excluding hydrogens is 1260 g/mol. The molecule has 8 nitrogen and oxygen atoms in total. The molecule has 0 saturated heterocycles. The zero-order chi connectivity index (χ0) is 66.6. The Morgan fingerprint density at radius 3 is 1.00 bits per heavy atom. The summed E-state index contributed by atoms with van der Waals surface area (Å²) in [6.45, 7) is -0.743. The molecular formula is C90H54B3ClN6O2. The normalized spacial score (nSPS) is 13.4. The minimum Gasteiger partial charge on any atom is -0.458 e. The summed E-state index contributed by atoms with van der Waals surface area (Å²) < 4.78 is 20.1. The number of nitrogens with zero attached hydrogens (tertiary/aromatic N) is 6. The molecule has 8 heterocycles. The van der Waals surface area contributed by atoms with Crippen LogP contribution >= 0.6 is 11.6 Å². The molecule has 12 heteroatoms. The molecule has 0 aliphatic carbocycles. The Hall–Kier alpha value is -12.8. The molecule has 0 atom stereocenters. The maximum atomic E-state index is 7.48. The smallest absolute Gasteiger partial charge is 0.260 e. The van der Waals surface area contributed by atoms with E-state index >= 15 is 0 Å². The first kappa shape index (κ1) is 56.1. The van der Waals surface area contributed by atoms with E-state index in [1.807, 2.05) is 12.1 Å². The van der Waals surface area contributed by atoms with E-state index in [0.29, 0.717) is 16.5 Å². The molecule has 0 saturated carbocycles. The molecule has 15 aromatic carbocycles. The highest BCUT2D eigenvalue weighted by atomic mass is 35.5. The Kier molecular flexibility index (Phi) is 11.6. The lowest BCUT2D eigenvalue weighted by molar-refractivity contribution is 0.465. The highest BCUT2D eigenvalue weighted by Crippen LogP contribution is 2.51. The fourth-order valence-electron chi connectivity index (χ4n) is 18.4. The maximum absolute atomic E-state index is 7.48. The zero-order valence-electron chi connectivity index (χ0n) is 54.8. The van der Waals surface area contributed by atoms with E-state index in [0.717, 1.165) is 108 Å². The third-order valence-electron chi connectivity index (χ3n) is 22.3. The third kappa shape index (κ3) is 7.74. The molecule has 102 heavy (non-hydrogen) atoms. The molecule has 0 unspecified atom stereocenters. The van der Waals surface area contributed by atoms with Gasteiger partial charge >= 0.3 is 0 Å². The molecule has 17 aromatic rings. The van der Waals surface area contributed by atoms with Gasteiger partial charge in [-0.05, 0) is 165 Å². The van der Waals surface area contributed by atoms with Gasteiger partial charge in [-0.3, -0.25) is 0 Å². The Labute approximate surface area is 594 Å². The summed E-state index contributed by atoms with van der Waals surface area (Å²) in [7, 11) is 0. The van der Waals surface area contributed by atoms with E-state index in [-0.39, 0.29) is 20.1 Å². The summed E-state index contributed by atoms with van der Waals surface area (Å²) >= 11 is 7.34. The lowest BCUT2D eigenvalue weighted by Crippen LogP contribution is -2.64. The summed E-state index contributed by atoms with van der Waals surface area (Å²) in [5.74, 6) is 2.89. The Balaban J connectivity index is 0.795. The van der Waals surface area contributed by atoms with Crippen molar-refractivity contribution in [3.05, 3.63) is 333 Å². The van der Waals surface area contributed by atoms with Crippen molar-refractivity contribution in [2.24, 2.45) is 0 Å². The van der Waals surface area contributed by atoms with Crippen molar-refractivity contribution in [1.82, 2.24) is 9.13 Å². The van der Waals surface area contributed by atoms with E-state index in [2.05, 4.69) is 344 Å². The minimum absolute atomic E-state index is 0.200. The average Bonchev–Trinajstić information content (AvgIpc) is 1.32. The molecule has 0 bridgehead atoms. The predicted molar refractivity (Wildman–Crippen MR) is 426 cm³/mol. The quantitative estimate of drug-likeness (QED) is 0.141. The van der Waals surface area contributed by atoms with Gasteiger partial charge in [-0.25, -0.2) is 0 Å². The molecule has 6 aliphatic rings. The number of hydrogen-bond donors (Lipinski definition) is 0. The van der Waals surface area contributed by atoms with E-state index in [1.165, 1.54) is 76.4 Å². The molecule has 0 N–H and O–H groups in total. The second kappa shape index (κ2) is 21.1. The number of benzene rings is 15. The summed E-state index contributed by atoms with van der Waals surface area (Å²) in [6, 6.07) is 120. The van der Waals surface area contributed by atoms with Crippen LogP contribution in [0.3, 0.4) is 0 Å². The van der Waals surface area contributed by atoms with Crippen molar-refractivity contribution in [3.8, 4) is 34.4 Å². The first-order valence-electron chi connectivity index (χ1n) is 35.0. The van der Waals surface area contributed by atoms with Gasteiger partial charge in [-0.15, -0.1) is 0 Å². The molecule has 0 fully saturated rings. The number of fused-ring (bicyclic) bond motifs is 18. The lowest BCUT2D eigenvalue weighted by Gasteiger charge is -2.43. The molecule has 0 radical (unpaired) electrons. The highest BCUT2D eigenvalue weighted by Gasteiger charge is 2.50. The molecule has 0 spiro atoms. The summed E-state index contributed by atoms with van der Waals surface area (Å²) in [4.78, 5) is 9.79. The fourth-order valence-corrected chi connectivity index (χ4v) is 18.6. The van der Waals surface area contributed by atoms with Gasteiger partial charge in [0, 0.05) is 123 Å². The van der Waals surface area contributed by atoms with Gasteiger partial charge in [-0.1, -0.05) is 206 Å². The van der Waals surface area contributed by atoms with Crippen LogP contribution in [-0.2, 0) is 0 Å². The molecule has 23 rings (SSSR count). The number of anilines is 12. The van der Waals surface area contributed by atoms with E-state index in [1.54, 1.807) is 0 Å². The number of halogens is 1. The van der Waals surface area contributed by atoms with Crippen LogP contribution in [0.1, 0.15) is 0 Å². The van der Waals surface area contributed by atoms with E-state index in [4.69, 9.17) is 21.1 Å². The van der Waals surface area contributed by atoms with Crippen molar-refractivity contribution >= 4 is 193 Å². The van der Waals surface area contributed by atoms with Crippen LogP contribution < -0.4 is 78.2 Å². The van der Waals surface area contributed by atoms with Crippen LogP contribution in [-0.4, -0.2) is 29.3 Å². The maximum Gasteiger partial charge on any atom is 0.260 e. The largest absolute Gasteiger partial charge is 0.458 e. The molecule has 2 aromatic heterocycles. The van der Waals surface area contributed by atoms with Crippen LogP contribution in [0, 0.1) is 0 Å². The van der Waals surface area contributed by atoms with Gasteiger partial charge in [0.05, 0.1) is 22.4 Å². The summed E-state index contributed by atoms with van der Waals surface area (Å²) in [6.07, 6.45) is 0. The summed E-state index contributed by atoms with van der Waals surface area (Å²) in [5.41, 5.74) is 30.2. The third-order valence-corrected chi connectivity index (χ3v) is 22.5. The van der Waals surface area contributed by atoms with Crippen molar-refractivity contribution in [3.63, 3.8) is 0 Å². The topological polar surface area (TPSA) is 41.3 Å². The first-order chi connectivity index (χ1) is 50.5. The summed E-state index contributed by atoms with van der Waals surface area (Å²) in [5, 5.41) is 5.42. The van der Waals surface area contributed by atoms with Gasteiger partial charge in [0.1, 0.15) is 23.0 Å². The first-order valence-corrected chi connectivity index (χ1v) is 35.4. The number of rotatable bonds is 8. The Bertz CT molecular complexity index is 5990. The van der Waals surface area contributed by atoms with Crippen LogP contribution in [0.4, 0.5) is 68.2 Å². The standard InChI is InChI=1S/C90H54B3ClN6O2/c94-55-45-84-88-85(46-55)102-83-54-77-71(92-69-42-24-40-67-65-38-20-22-44-75(65)100(90(67)69)81-50-63(48-79(87(81)92)98(77)61-35-17-6-18-36-61)96(58-29-11-3-12-30-58)59-31-13-4-14-32-59)52-73(83)93(88)72-51-70-76(53-82(72)101-84)97(60-33-15-5-16-34-60)78-47-62(95(56-25-7-1-8-26-56)57-27-9-2-10-28-57)49-80-86(78)91(70)68-41-23-39-66-64-37-19-21-43-74(64)99(80)89(66)68/h1-54H. The molecule has 472 valence electrons. The average molecular weight is 1320 g/mol. The van der Waals surface area contributed by atoms with Crippen molar-refractivity contribution in [2.75, 3.05) is 19.6 Å². The van der Waals surface area contributed by atoms with Gasteiger partial charge in [0.15, 0.2) is 0 Å². The number of ether oxygens (including phenoxy) is 2. The predicted octanol–water partition coefficient (Wildman–Crippen LogP) is 17.4. The van der Waals surface area contributed by atoms with Gasteiger partial charge in [0.2, 0.25) is 0 Å². The zero-order valence-corrected chi connectivity index (χ0v) is 55.5. The van der Waals surface area contributed by atoms with E-state index in [9.17, 15) is 0 Å². The van der Waals surface area contributed by atoms with Crippen molar-refractivity contribution in [1.29, 1.82) is 0 Å². The second-order valence-corrected chi connectivity index (χ2v) is 28.0. The molecule has 0 amide bonds. The Morgan fingerprint density at radius 1 is 0.255 bits per heavy atom. The van der Waals surface area contributed by atoms with Crippen molar-refractivity contribution < 1.29 is 9.47 Å². The number of para-hydroxylation sites is 10. The second-order valence-electron chi connectivity index (χ2n) is 27.6. The SMILES string of the molecule is Clc1cc2c3c(c1)Oc1cc4c(cc1B3c1cc3c(cc1O2)N(c1ccccc1)c1cc(N(c2ccccc2)c2ccccc2)cc2c1B3c1cccc3c5ccccc5n-2c13)B1c2c(cc(N(c3ccccc3)c3ccccc3)cc2-n2c3ccccc3c3cccc1c32)N4c1ccccc1. The van der Waals surface area contributed by atoms with Gasteiger partial charge in [-0.2, -0.15) is 0 Å². The van der Waals surface area contributed by atoms with Crippen molar-refractivity contribution in [2.45, 2.75) is 0 Å². The molecule has 6 aliphatic heterocycles. The lowest BCUT2D eigenvalue weighted by atomic mass is 9.30. The monoisotopic (exact) mass is 1320 g/mol. The number of hydrogen-bond acceptors (Lipinski definition) is 6. The van der Waals surface area contributed by atoms with Gasteiger partial charge in [0.25, 0.3) is 20.1 Å². The van der Waals surface area contributed by atoms with Gasteiger partial charge < -0.3 is 38.2 Å². The van der Waals surface area contributed by atoms with E-state index < -0.39 is 0 Å². The highest BCUT2D eigenvalue weighted by molar-refractivity contribution is 7.04. The van der Waals surface area contributed by atoms with Crippen LogP contribution in [0.25, 0.3) is 55.0 Å².